The van der Waals surface area contributed by atoms with Crippen molar-refractivity contribution in [1.29, 1.82) is 5.41 Å². The van der Waals surface area contributed by atoms with Crippen molar-refractivity contribution in [3.63, 3.8) is 0 Å². The fourth-order valence-electron chi connectivity index (χ4n) is 3.05. The molecule has 3 N–H and O–H groups in total. The molecule has 0 spiro atoms. The van der Waals surface area contributed by atoms with Gasteiger partial charge in [0.2, 0.25) is 5.88 Å². The van der Waals surface area contributed by atoms with Crippen molar-refractivity contribution in [2.45, 2.75) is 47.2 Å². The lowest BCUT2D eigenvalue weighted by Crippen LogP contribution is -2.17. The fraction of sp³-hybridized carbons (Fsp3) is 0.364. The van der Waals surface area contributed by atoms with Gasteiger partial charge in [-0.05, 0) is 52.8 Å². The van der Waals surface area contributed by atoms with E-state index < -0.39 is 0 Å². The Morgan fingerprint density at radius 2 is 2.10 bits per heavy atom. The van der Waals surface area contributed by atoms with Gasteiger partial charge in [0.05, 0.1) is 41.5 Å². The van der Waals surface area contributed by atoms with Crippen molar-refractivity contribution in [2.24, 2.45) is 0 Å². The first-order valence-electron chi connectivity index (χ1n) is 10.00. The van der Waals surface area contributed by atoms with Gasteiger partial charge in [0.25, 0.3) is 0 Å². The van der Waals surface area contributed by atoms with Crippen LogP contribution in [0.4, 0.5) is 11.4 Å². The zero-order valence-electron chi connectivity index (χ0n) is 18.0. The molecule has 0 aliphatic rings. The minimum atomic E-state index is 0.169. The Labute approximate surface area is 176 Å². The molecule has 3 aromatic heterocycles. The van der Waals surface area contributed by atoms with Crippen molar-refractivity contribution in [2.75, 3.05) is 17.2 Å². The molecule has 3 heterocycles. The molecule has 8 nitrogen and oxygen atoms in total. The zero-order valence-corrected chi connectivity index (χ0v) is 18.0. The van der Waals surface area contributed by atoms with Crippen LogP contribution in [0.1, 0.15) is 44.8 Å². The monoisotopic (exact) mass is 408 g/mol. The summed E-state index contributed by atoms with van der Waals surface area (Å²) in [5.41, 5.74) is 4.80. The second kappa shape index (κ2) is 9.39. The van der Waals surface area contributed by atoms with E-state index in [4.69, 9.17) is 19.7 Å². The molecule has 0 fully saturated rings. The van der Waals surface area contributed by atoms with Gasteiger partial charge in [0.15, 0.2) is 0 Å². The predicted octanol–water partition coefficient (Wildman–Crippen LogP) is 4.66. The van der Waals surface area contributed by atoms with Crippen LogP contribution in [0.2, 0.25) is 0 Å². The maximum Gasteiger partial charge on any atom is 0.222 e. The van der Waals surface area contributed by atoms with Crippen LogP contribution in [0, 0.1) is 12.3 Å². The highest BCUT2D eigenvalue weighted by atomic mass is 16.5. The number of aromatic nitrogens is 3. The lowest BCUT2D eigenvalue weighted by Gasteiger charge is -2.20. The third kappa shape index (κ3) is 4.94. The van der Waals surface area contributed by atoms with E-state index >= 15 is 0 Å². The van der Waals surface area contributed by atoms with Gasteiger partial charge in [0, 0.05) is 18.3 Å². The summed E-state index contributed by atoms with van der Waals surface area (Å²) in [6.07, 6.45) is 1.69. The summed E-state index contributed by atoms with van der Waals surface area (Å²) in [6, 6.07) is 7.78. The van der Waals surface area contributed by atoms with Crippen LogP contribution >= 0.6 is 0 Å². The first kappa shape index (κ1) is 21.3. The minimum absolute atomic E-state index is 0.169. The highest BCUT2D eigenvalue weighted by molar-refractivity contribution is 6.03. The fourth-order valence-corrected chi connectivity index (χ4v) is 3.05. The van der Waals surface area contributed by atoms with Crippen LogP contribution < -0.4 is 15.4 Å². The number of pyridine rings is 2. The van der Waals surface area contributed by atoms with Gasteiger partial charge in [-0.2, -0.15) is 0 Å². The summed E-state index contributed by atoms with van der Waals surface area (Å²) in [6.45, 7) is 10.6. The third-order valence-electron chi connectivity index (χ3n) is 4.27. The molecule has 0 saturated heterocycles. The number of anilines is 2. The highest BCUT2D eigenvalue weighted by Crippen LogP contribution is 2.34. The average Bonchev–Trinajstić information content (AvgIpc) is 3.12. The van der Waals surface area contributed by atoms with E-state index in [1.807, 2.05) is 38.1 Å². The van der Waals surface area contributed by atoms with Gasteiger partial charge in [-0.3, -0.25) is 0 Å². The molecule has 158 valence electrons. The van der Waals surface area contributed by atoms with E-state index in [0.29, 0.717) is 36.1 Å². The molecule has 30 heavy (non-hydrogen) atoms. The number of hydrogen-bond acceptors (Lipinski definition) is 8. The molecule has 0 radical (unpaired) electrons. The minimum Gasteiger partial charge on any atom is -0.477 e. The average molecular weight is 409 g/mol. The van der Waals surface area contributed by atoms with Crippen molar-refractivity contribution < 1.29 is 9.26 Å². The van der Waals surface area contributed by atoms with E-state index in [9.17, 15) is 0 Å². The molecule has 0 aliphatic heterocycles. The van der Waals surface area contributed by atoms with E-state index in [2.05, 4.69) is 34.6 Å². The lowest BCUT2D eigenvalue weighted by atomic mass is 10.1. The summed E-state index contributed by atoms with van der Waals surface area (Å²) in [5, 5.41) is 19.2. The van der Waals surface area contributed by atoms with E-state index in [1.165, 1.54) is 0 Å². The molecule has 0 aliphatic carbocycles. The van der Waals surface area contributed by atoms with Crippen molar-refractivity contribution in [3.8, 4) is 17.1 Å². The maximum absolute atomic E-state index is 8.31. The molecule has 3 rings (SSSR count). The van der Waals surface area contributed by atoms with Gasteiger partial charge >= 0.3 is 0 Å². The smallest absolute Gasteiger partial charge is 0.222 e. The Bertz CT molecular complexity index is 1030. The summed E-state index contributed by atoms with van der Waals surface area (Å²) in [4.78, 5) is 9.12. The topological polar surface area (TPSA) is 109 Å². The number of ether oxygens (including phenoxy) is 1. The van der Waals surface area contributed by atoms with E-state index in [1.54, 1.807) is 13.1 Å². The molecule has 3 aromatic rings. The highest BCUT2D eigenvalue weighted by Gasteiger charge is 2.19. The normalized spacial score (nSPS) is 10.9. The van der Waals surface area contributed by atoms with Crippen LogP contribution in [0.3, 0.4) is 0 Å². The summed E-state index contributed by atoms with van der Waals surface area (Å²) >= 11 is 0. The molecular weight excluding hydrogens is 380 g/mol. The molecule has 0 saturated carbocycles. The summed E-state index contributed by atoms with van der Waals surface area (Å²) < 4.78 is 10.9. The summed E-state index contributed by atoms with van der Waals surface area (Å²) in [7, 11) is 0. The van der Waals surface area contributed by atoms with Gasteiger partial charge in [0.1, 0.15) is 17.1 Å². The van der Waals surface area contributed by atoms with Crippen LogP contribution in [0.25, 0.3) is 11.3 Å². The second-order valence-electron chi connectivity index (χ2n) is 7.27. The molecule has 0 aromatic carbocycles. The van der Waals surface area contributed by atoms with Gasteiger partial charge in [-0.15, -0.1) is 0 Å². The first-order valence-corrected chi connectivity index (χ1v) is 10.00. The number of hydrogen-bond donors (Lipinski definition) is 3. The molecule has 8 heteroatoms. The zero-order chi connectivity index (χ0) is 21.7. The van der Waals surface area contributed by atoms with E-state index in [0.717, 1.165) is 28.4 Å². The second-order valence-corrected chi connectivity index (χ2v) is 7.27. The number of nitrogens with zero attached hydrogens (tertiary/aromatic N) is 3. The van der Waals surface area contributed by atoms with Gasteiger partial charge < -0.3 is 25.3 Å². The molecule has 0 amide bonds. The Kier molecular flexibility index (Phi) is 6.66. The number of rotatable bonds is 9. The quantitative estimate of drug-likeness (QED) is 0.442. The van der Waals surface area contributed by atoms with Crippen molar-refractivity contribution in [3.05, 3.63) is 47.6 Å². The molecule has 0 atom stereocenters. The SMILES string of the molecule is CCOc1ncccc1-c1cc(NCc2cc(C)on2)c(NC(C)C)c(C(C)=N)n1. The van der Waals surface area contributed by atoms with Crippen LogP contribution in [-0.2, 0) is 6.54 Å². The lowest BCUT2D eigenvalue weighted by molar-refractivity contribution is 0.328. The standard InChI is InChI=1S/C22H28N6O2/c1-6-29-22-17(8-7-9-24-22)18-11-19(25-12-16-10-14(4)30-28-16)21(26-13(2)3)20(27-18)15(5)23/h7-11,13,23,26H,6,12H2,1-5H3,(H,25,27). The van der Waals surface area contributed by atoms with Gasteiger partial charge in [-0.1, -0.05) is 5.16 Å². The number of aryl methyl sites for hydroxylation is 1. The van der Waals surface area contributed by atoms with Gasteiger partial charge in [-0.25, -0.2) is 9.97 Å². The van der Waals surface area contributed by atoms with E-state index in [-0.39, 0.29) is 6.04 Å². The van der Waals surface area contributed by atoms with Crippen LogP contribution in [-0.4, -0.2) is 33.5 Å². The number of nitrogens with one attached hydrogen (secondary N) is 3. The maximum atomic E-state index is 8.31. The van der Waals surface area contributed by atoms with Crippen molar-refractivity contribution >= 4 is 17.1 Å². The third-order valence-corrected chi connectivity index (χ3v) is 4.27. The Balaban J connectivity index is 2.10. The molecular formula is C22H28N6O2. The predicted molar refractivity (Wildman–Crippen MR) is 118 cm³/mol. The first-order chi connectivity index (χ1) is 14.4. The summed E-state index contributed by atoms with van der Waals surface area (Å²) in [5.74, 6) is 1.28. The van der Waals surface area contributed by atoms with Crippen LogP contribution in [0.5, 0.6) is 5.88 Å². The molecule has 0 bridgehead atoms. The molecule has 0 unspecified atom stereocenters. The van der Waals surface area contributed by atoms with Crippen LogP contribution in [0.15, 0.2) is 35.0 Å². The Hall–Kier alpha value is -3.42. The Morgan fingerprint density at radius 1 is 1.30 bits per heavy atom. The largest absolute Gasteiger partial charge is 0.477 e. The Morgan fingerprint density at radius 3 is 2.73 bits per heavy atom. The van der Waals surface area contributed by atoms with Crippen molar-refractivity contribution in [1.82, 2.24) is 15.1 Å².